The molecule has 3 rings (SSSR count). The largest absolute Gasteiger partial charge is 0.373 e. The van der Waals surface area contributed by atoms with Gasteiger partial charge in [0.05, 0.1) is 30.0 Å². The van der Waals surface area contributed by atoms with Crippen LogP contribution in [0.2, 0.25) is 0 Å². The van der Waals surface area contributed by atoms with E-state index in [1.54, 1.807) is 15.8 Å². The molecule has 6 nitrogen and oxygen atoms in total. The Hall–Kier alpha value is -2.18. The molecule has 0 spiro atoms. The van der Waals surface area contributed by atoms with Gasteiger partial charge in [-0.05, 0) is 19.5 Å². The quantitative estimate of drug-likeness (QED) is 0.851. The van der Waals surface area contributed by atoms with Gasteiger partial charge in [-0.2, -0.15) is 5.10 Å². The average Bonchev–Trinajstić information content (AvgIpc) is 2.93. The summed E-state index contributed by atoms with van der Waals surface area (Å²) in [6.45, 7) is 3.96. The summed E-state index contributed by atoms with van der Waals surface area (Å²) < 4.78 is 7.73. The molecule has 1 amide bonds. The van der Waals surface area contributed by atoms with Gasteiger partial charge >= 0.3 is 0 Å². The number of carbonyl (C=O) groups excluding carboxylic acids is 1. The van der Waals surface area contributed by atoms with Crippen molar-refractivity contribution in [2.24, 2.45) is 7.05 Å². The van der Waals surface area contributed by atoms with Crippen molar-refractivity contribution < 1.29 is 9.53 Å². The van der Waals surface area contributed by atoms with Crippen LogP contribution in [0.25, 0.3) is 0 Å². The van der Waals surface area contributed by atoms with Crippen molar-refractivity contribution >= 4 is 5.91 Å². The lowest BCUT2D eigenvalue weighted by atomic mass is 9.98. The van der Waals surface area contributed by atoms with Gasteiger partial charge in [0.15, 0.2) is 0 Å². The fourth-order valence-electron chi connectivity index (χ4n) is 3.50. The van der Waals surface area contributed by atoms with Gasteiger partial charge in [0.25, 0.3) is 5.91 Å². The van der Waals surface area contributed by atoms with Crippen LogP contribution in [0.4, 0.5) is 0 Å². The molecule has 25 heavy (non-hydrogen) atoms. The summed E-state index contributed by atoms with van der Waals surface area (Å²) in [5.74, 6) is -0.0192. The first-order chi connectivity index (χ1) is 12.0. The average molecular weight is 342 g/mol. The van der Waals surface area contributed by atoms with Crippen LogP contribution >= 0.6 is 0 Å². The van der Waals surface area contributed by atoms with E-state index in [1.807, 2.05) is 39.2 Å². The van der Waals surface area contributed by atoms with Gasteiger partial charge in [0.2, 0.25) is 0 Å². The van der Waals surface area contributed by atoms with E-state index in [0.717, 1.165) is 12.2 Å². The Kier molecular flexibility index (Phi) is 5.20. The van der Waals surface area contributed by atoms with E-state index in [0.29, 0.717) is 18.7 Å². The molecular weight excluding hydrogens is 316 g/mol. The van der Waals surface area contributed by atoms with Crippen LogP contribution in [0, 0.1) is 6.92 Å². The van der Waals surface area contributed by atoms with Gasteiger partial charge in [0.1, 0.15) is 0 Å². The van der Waals surface area contributed by atoms with Gasteiger partial charge < -0.3 is 9.64 Å². The molecule has 134 valence electrons. The molecule has 2 aromatic rings. The minimum atomic E-state index is -0.0629. The van der Waals surface area contributed by atoms with E-state index in [9.17, 15) is 4.79 Å². The second-order valence-corrected chi connectivity index (χ2v) is 6.73. The Morgan fingerprint density at radius 3 is 2.68 bits per heavy atom. The molecule has 1 fully saturated rings. The zero-order chi connectivity index (χ0) is 18.0. The number of hydrogen-bond acceptors (Lipinski definition) is 4. The Labute approximate surface area is 149 Å². The van der Waals surface area contributed by atoms with Crippen molar-refractivity contribution in [1.29, 1.82) is 0 Å². The van der Waals surface area contributed by atoms with Crippen molar-refractivity contribution in [1.82, 2.24) is 19.6 Å². The molecule has 1 aliphatic rings. The van der Waals surface area contributed by atoms with Crippen LogP contribution < -0.4 is 0 Å². The highest BCUT2D eigenvalue weighted by Gasteiger charge is 2.33. The fourth-order valence-corrected chi connectivity index (χ4v) is 3.50. The van der Waals surface area contributed by atoms with Gasteiger partial charge in [-0.1, -0.05) is 30.3 Å². The molecule has 1 aromatic heterocycles. The second kappa shape index (κ2) is 7.37. The van der Waals surface area contributed by atoms with E-state index < -0.39 is 0 Å². The van der Waals surface area contributed by atoms with Crippen LogP contribution in [0.3, 0.4) is 0 Å². The Morgan fingerprint density at radius 1 is 1.32 bits per heavy atom. The summed E-state index contributed by atoms with van der Waals surface area (Å²) >= 11 is 0. The number of morpholine rings is 1. The van der Waals surface area contributed by atoms with E-state index in [1.165, 1.54) is 5.56 Å². The van der Waals surface area contributed by atoms with Crippen molar-refractivity contribution in [3.8, 4) is 0 Å². The maximum atomic E-state index is 12.8. The van der Waals surface area contributed by atoms with Gasteiger partial charge in [0, 0.05) is 33.4 Å². The summed E-state index contributed by atoms with van der Waals surface area (Å²) in [5, 5.41) is 4.27. The van der Waals surface area contributed by atoms with Crippen molar-refractivity contribution in [2.45, 2.75) is 19.1 Å². The number of benzene rings is 1. The summed E-state index contributed by atoms with van der Waals surface area (Å²) in [4.78, 5) is 16.8. The van der Waals surface area contributed by atoms with Crippen LogP contribution in [0.1, 0.15) is 27.7 Å². The van der Waals surface area contributed by atoms with E-state index in [-0.39, 0.29) is 18.1 Å². The fraction of sp³-hybridized carbons (Fsp3) is 0.474. The van der Waals surface area contributed by atoms with Gasteiger partial charge in [-0.15, -0.1) is 0 Å². The summed E-state index contributed by atoms with van der Waals surface area (Å²) in [7, 11) is 5.77. The van der Waals surface area contributed by atoms with E-state index >= 15 is 0 Å². The Bertz CT molecular complexity index is 728. The Balaban J connectivity index is 1.77. The zero-order valence-electron chi connectivity index (χ0n) is 15.3. The SMILES string of the molecule is Cc1nn(C)cc1C(=O)N(C)C[C@@H]1OCCN(C)[C@H]1c1ccccc1. The highest BCUT2D eigenvalue weighted by atomic mass is 16.5. The molecule has 1 aliphatic heterocycles. The molecular formula is C19H26N4O2. The highest BCUT2D eigenvalue weighted by molar-refractivity contribution is 5.94. The number of aryl methyl sites for hydroxylation is 2. The second-order valence-electron chi connectivity index (χ2n) is 6.73. The molecule has 0 unspecified atom stereocenters. The first-order valence-corrected chi connectivity index (χ1v) is 8.60. The molecule has 1 saturated heterocycles. The molecule has 0 aliphatic carbocycles. The summed E-state index contributed by atoms with van der Waals surface area (Å²) in [6, 6.07) is 10.5. The summed E-state index contributed by atoms with van der Waals surface area (Å²) in [5.41, 5.74) is 2.61. The number of aromatic nitrogens is 2. The summed E-state index contributed by atoms with van der Waals surface area (Å²) in [6.07, 6.45) is 1.71. The van der Waals surface area contributed by atoms with Crippen molar-refractivity contribution in [3.05, 3.63) is 53.3 Å². The third-order valence-corrected chi connectivity index (χ3v) is 4.79. The molecule has 0 saturated carbocycles. The standard InChI is InChI=1S/C19H26N4O2/c1-14-16(12-23(4)20-14)19(24)22(3)13-17-18(21(2)10-11-25-17)15-8-6-5-7-9-15/h5-9,12,17-18H,10-11,13H2,1-4H3/t17-,18-/m0/s1. The van der Waals surface area contributed by atoms with Gasteiger partial charge in [-0.25, -0.2) is 0 Å². The lowest BCUT2D eigenvalue weighted by Crippen LogP contribution is -2.48. The van der Waals surface area contributed by atoms with E-state index in [2.05, 4.69) is 29.2 Å². The molecule has 2 atom stereocenters. The predicted octanol–water partition coefficient (Wildman–Crippen LogP) is 1.87. The number of amides is 1. The van der Waals surface area contributed by atoms with Crippen molar-refractivity contribution in [2.75, 3.05) is 33.8 Å². The molecule has 0 N–H and O–H groups in total. The van der Waals surface area contributed by atoms with E-state index in [4.69, 9.17) is 4.74 Å². The minimum Gasteiger partial charge on any atom is -0.373 e. The van der Waals surface area contributed by atoms with Crippen molar-refractivity contribution in [3.63, 3.8) is 0 Å². The number of ether oxygens (including phenoxy) is 1. The first kappa shape index (κ1) is 17.6. The smallest absolute Gasteiger partial charge is 0.257 e. The minimum absolute atomic E-state index is 0.0192. The molecule has 1 aromatic carbocycles. The molecule has 2 heterocycles. The number of hydrogen-bond donors (Lipinski definition) is 0. The maximum Gasteiger partial charge on any atom is 0.257 e. The molecule has 0 radical (unpaired) electrons. The van der Waals surface area contributed by atoms with Crippen LogP contribution in [0.15, 0.2) is 36.5 Å². The van der Waals surface area contributed by atoms with Crippen LogP contribution in [0.5, 0.6) is 0 Å². The van der Waals surface area contributed by atoms with Crippen LogP contribution in [-0.2, 0) is 11.8 Å². The lowest BCUT2D eigenvalue weighted by Gasteiger charge is -2.40. The Morgan fingerprint density at radius 2 is 2.04 bits per heavy atom. The predicted molar refractivity (Wildman–Crippen MR) is 96.5 cm³/mol. The topological polar surface area (TPSA) is 50.6 Å². The number of likely N-dealkylation sites (N-methyl/N-ethyl adjacent to an activating group) is 2. The van der Waals surface area contributed by atoms with Gasteiger partial charge in [-0.3, -0.25) is 14.4 Å². The number of nitrogens with zero attached hydrogens (tertiary/aromatic N) is 4. The number of carbonyl (C=O) groups is 1. The normalized spacial score (nSPS) is 21.3. The number of rotatable bonds is 4. The monoisotopic (exact) mass is 342 g/mol. The molecule has 0 bridgehead atoms. The van der Waals surface area contributed by atoms with Crippen LogP contribution in [-0.4, -0.2) is 65.4 Å². The third-order valence-electron chi connectivity index (χ3n) is 4.79. The zero-order valence-corrected chi connectivity index (χ0v) is 15.3. The first-order valence-electron chi connectivity index (χ1n) is 8.60. The highest BCUT2D eigenvalue weighted by Crippen LogP contribution is 2.29. The maximum absolute atomic E-state index is 12.8. The molecule has 6 heteroatoms. The third kappa shape index (κ3) is 3.75. The lowest BCUT2D eigenvalue weighted by molar-refractivity contribution is -0.0707.